The number of hydrogen-bond donors (Lipinski definition) is 2. The lowest BCUT2D eigenvalue weighted by Crippen LogP contribution is -2.38. The maximum absolute atomic E-state index is 4.74. The van der Waals surface area contributed by atoms with E-state index in [4.69, 9.17) is 4.99 Å². The van der Waals surface area contributed by atoms with Gasteiger partial charge in [0.15, 0.2) is 5.96 Å². The van der Waals surface area contributed by atoms with Crippen molar-refractivity contribution < 1.29 is 0 Å². The molecule has 0 saturated heterocycles. The van der Waals surface area contributed by atoms with Gasteiger partial charge in [-0.1, -0.05) is 30.3 Å². The lowest BCUT2D eigenvalue weighted by molar-refractivity contribution is 0.476. The number of rotatable bonds is 7. The van der Waals surface area contributed by atoms with E-state index in [0.717, 1.165) is 44.1 Å². The molecule has 0 amide bonds. The molecule has 1 aromatic carbocycles. The van der Waals surface area contributed by atoms with Crippen molar-refractivity contribution in [1.82, 2.24) is 20.4 Å². The molecule has 0 unspecified atom stereocenters. The van der Waals surface area contributed by atoms with Gasteiger partial charge in [-0.3, -0.25) is 10.1 Å². The molecular weight excluding hydrogens is 413 g/mol. The van der Waals surface area contributed by atoms with Crippen LogP contribution in [-0.4, -0.2) is 41.2 Å². The van der Waals surface area contributed by atoms with Gasteiger partial charge in [0.05, 0.1) is 6.20 Å². The van der Waals surface area contributed by atoms with E-state index in [1.54, 1.807) is 0 Å². The Balaban J connectivity index is 0.00000288. The predicted octanol–water partition coefficient (Wildman–Crippen LogP) is 3.37. The van der Waals surface area contributed by atoms with Gasteiger partial charge in [0.25, 0.3) is 0 Å². The van der Waals surface area contributed by atoms with Crippen molar-refractivity contribution in [3.8, 4) is 0 Å². The number of H-pyrrole nitrogens is 1. The van der Waals surface area contributed by atoms with Crippen LogP contribution in [0, 0.1) is 6.92 Å². The molecule has 0 saturated carbocycles. The van der Waals surface area contributed by atoms with Crippen molar-refractivity contribution in [3.63, 3.8) is 0 Å². The van der Waals surface area contributed by atoms with Crippen molar-refractivity contribution in [3.05, 3.63) is 53.3 Å². The summed E-state index contributed by atoms with van der Waals surface area (Å²) < 4.78 is 0. The number of hydrogen-bond acceptors (Lipinski definition) is 2. The maximum Gasteiger partial charge on any atom is 0.193 e. The van der Waals surface area contributed by atoms with Crippen LogP contribution < -0.4 is 5.32 Å². The van der Waals surface area contributed by atoms with Crippen LogP contribution in [-0.2, 0) is 13.0 Å². The summed E-state index contributed by atoms with van der Waals surface area (Å²) in [5.74, 6) is 0.959. The molecule has 2 rings (SSSR count). The Kier molecular flexibility index (Phi) is 9.44. The average Bonchev–Trinajstić information content (AvgIpc) is 2.96. The van der Waals surface area contributed by atoms with Gasteiger partial charge in [-0.05, 0) is 37.8 Å². The summed E-state index contributed by atoms with van der Waals surface area (Å²) in [5, 5.41) is 10.4. The van der Waals surface area contributed by atoms with Gasteiger partial charge in [-0.15, -0.1) is 24.0 Å². The van der Waals surface area contributed by atoms with E-state index in [-0.39, 0.29) is 24.0 Å². The van der Waals surface area contributed by atoms with E-state index in [0.29, 0.717) is 0 Å². The van der Waals surface area contributed by atoms with Crippen LogP contribution in [0.15, 0.2) is 41.5 Å². The van der Waals surface area contributed by atoms with Gasteiger partial charge < -0.3 is 10.2 Å². The van der Waals surface area contributed by atoms with Crippen LogP contribution in [0.5, 0.6) is 0 Å². The van der Waals surface area contributed by atoms with E-state index in [1.807, 2.05) is 12.3 Å². The smallest absolute Gasteiger partial charge is 0.193 e. The first-order valence-electron chi connectivity index (χ1n) is 8.23. The molecule has 0 spiro atoms. The van der Waals surface area contributed by atoms with Gasteiger partial charge in [0.1, 0.15) is 0 Å². The number of benzene rings is 1. The molecule has 0 aliphatic rings. The first-order valence-corrected chi connectivity index (χ1v) is 8.23. The minimum absolute atomic E-state index is 0. The van der Waals surface area contributed by atoms with Crippen LogP contribution in [0.3, 0.4) is 0 Å². The van der Waals surface area contributed by atoms with Crippen LogP contribution in [0.4, 0.5) is 0 Å². The van der Waals surface area contributed by atoms with Gasteiger partial charge in [-0.25, -0.2) is 0 Å². The average molecular weight is 441 g/mol. The molecule has 5 nitrogen and oxygen atoms in total. The highest BCUT2D eigenvalue weighted by Crippen LogP contribution is 2.06. The third-order valence-electron chi connectivity index (χ3n) is 3.76. The highest BCUT2D eigenvalue weighted by molar-refractivity contribution is 14.0. The second-order valence-corrected chi connectivity index (χ2v) is 5.70. The Morgan fingerprint density at radius 1 is 1.29 bits per heavy atom. The first-order chi connectivity index (χ1) is 11.2. The standard InChI is InChI=1S/C18H27N5.HI/c1-4-19-18(23(3)14-16-9-6-5-7-10-16)20-12-8-11-17-13-21-22-15(17)2;/h5-7,9-10,13H,4,8,11-12,14H2,1-3H3,(H,19,20)(H,21,22);1H. The fraction of sp³-hybridized carbons (Fsp3) is 0.444. The lowest BCUT2D eigenvalue weighted by atomic mass is 10.1. The molecule has 0 radical (unpaired) electrons. The van der Waals surface area contributed by atoms with Gasteiger partial charge in [0.2, 0.25) is 0 Å². The summed E-state index contributed by atoms with van der Waals surface area (Å²) in [6, 6.07) is 10.5. The minimum atomic E-state index is 0. The lowest BCUT2D eigenvalue weighted by Gasteiger charge is -2.22. The van der Waals surface area contributed by atoms with Crippen LogP contribution >= 0.6 is 24.0 Å². The number of aliphatic imine (C=N–C) groups is 1. The van der Waals surface area contributed by atoms with Crippen LogP contribution in [0.1, 0.15) is 30.2 Å². The molecule has 6 heteroatoms. The van der Waals surface area contributed by atoms with Crippen LogP contribution in [0.2, 0.25) is 0 Å². The molecule has 2 aromatic rings. The third-order valence-corrected chi connectivity index (χ3v) is 3.76. The summed E-state index contributed by atoms with van der Waals surface area (Å²) >= 11 is 0. The van der Waals surface area contributed by atoms with Crippen molar-refractivity contribution in [2.24, 2.45) is 4.99 Å². The summed E-state index contributed by atoms with van der Waals surface area (Å²) in [7, 11) is 2.08. The summed E-state index contributed by atoms with van der Waals surface area (Å²) in [6.07, 6.45) is 3.94. The van der Waals surface area contributed by atoms with Crippen LogP contribution in [0.25, 0.3) is 0 Å². The van der Waals surface area contributed by atoms with E-state index in [9.17, 15) is 0 Å². The molecule has 24 heavy (non-hydrogen) atoms. The van der Waals surface area contributed by atoms with Crippen molar-refractivity contribution in [2.75, 3.05) is 20.1 Å². The predicted molar refractivity (Wildman–Crippen MR) is 111 cm³/mol. The fourth-order valence-electron chi connectivity index (χ4n) is 2.48. The third kappa shape index (κ3) is 6.51. The number of aromatic nitrogens is 2. The normalized spacial score (nSPS) is 11.0. The number of nitrogens with zero attached hydrogens (tertiary/aromatic N) is 3. The molecule has 2 N–H and O–H groups in total. The van der Waals surface area contributed by atoms with E-state index in [2.05, 4.69) is 65.6 Å². The Labute approximate surface area is 162 Å². The first kappa shape index (κ1) is 20.5. The summed E-state index contributed by atoms with van der Waals surface area (Å²) in [5.41, 5.74) is 3.72. The molecule has 0 aliphatic heterocycles. The largest absolute Gasteiger partial charge is 0.357 e. The van der Waals surface area contributed by atoms with Gasteiger partial charge in [-0.2, -0.15) is 5.10 Å². The maximum atomic E-state index is 4.74. The highest BCUT2D eigenvalue weighted by Gasteiger charge is 2.06. The van der Waals surface area contributed by atoms with E-state index < -0.39 is 0 Å². The minimum Gasteiger partial charge on any atom is -0.357 e. The van der Waals surface area contributed by atoms with Gasteiger partial charge in [0, 0.05) is 32.4 Å². The van der Waals surface area contributed by atoms with E-state index in [1.165, 1.54) is 11.1 Å². The molecule has 0 atom stereocenters. The summed E-state index contributed by atoms with van der Waals surface area (Å²) in [4.78, 5) is 6.91. The number of guanidine groups is 1. The van der Waals surface area contributed by atoms with Crippen molar-refractivity contribution in [2.45, 2.75) is 33.2 Å². The molecule has 0 bridgehead atoms. The molecule has 1 heterocycles. The molecule has 0 aliphatic carbocycles. The molecular formula is C18H28IN5. The number of aryl methyl sites for hydroxylation is 2. The Morgan fingerprint density at radius 3 is 2.67 bits per heavy atom. The summed E-state index contributed by atoms with van der Waals surface area (Å²) in [6.45, 7) is 6.70. The van der Waals surface area contributed by atoms with E-state index >= 15 is 0 Å². The quantitative estimate of drug-likeness (QED) is 0.300. The molecule has 1 aromatic heterocycles. The zero-order valence-corrected chi connectivity index (χ0v) is 17.1. The zero-order chi connectivity index (χ0) is 16.5. The van der Waals surface area contributed by atoms with Crippen molar-refractivity contribution >= 4 is 29.9 Å². The Hall–Kier alpha value is -1.57. The second-order valence-electron chi connectivity index (χ2n) is 5.70. The second kappa shape index (κ2) is 11.1. The van der Waals surface area contributed by atoms with Gasteiger partial charge >= 0.3 is 0 Å². The number of halogens is 1. The molecule has 0 fully saturated rings. The monoisotopic (exact) mass is 441 g/mol. The van der Waals surface area contributed by atoms with Crippen molar-refractivity contribution in [1.29, 1.82) is 0 Å². The number of aromatic amines is 1. The SMILES string of the molecule is CCNC(=NCCCc1cn[nH]c1C)N(C)Cc1ccccc1.I. The topological polar surface area (TPSA) is 56.3 Å². The number of nitrogens with one attached hydrogen (secondary N) is 2. The highest BCUT2D eigenvalue weighted by atomic mass is 127. The molecule has 132 valence electrons. The Bertz CT molecular complexity index is 609. The zero-order valence-electron chi connectivity index (χ0n) is 14.7. The Morgan fingerprint density at radius 2 is 2.04 bits per heavy atom. The fourth-order valence-corrected chi connectivity index (χ4v) is 2.48.